The van der Waals surface area contributed by atoms with Gasteiger partial charge in [-0.1, -0.05) is 35.9 Å². The van der Waals surface area contributed by atoms with Crippen LogP contribution in [0.25, 0.3) is 10.9 Å². The standard InChI is InChI=1S/C21H21ClN4O2/c22-14-4-3-5-16(11-14)25-21(28)26-19(20(27)24-15-8-9-15)10-13-12-23-18-7-2-1-6-17(13)18/h1-7,11-12,15,19,23H,8-10H2,(H,24,27)(H2,25,26,28)/t19-/m0/s1. The molecule has 1 atom stereocenters. The number of para-hydroxylation sites is 1. The van der Waals surface area contributed by atoms with Gasteiger partial charge in [0.25, 0.3) is 0 Å². The molecule has 1 aromatic heterocycles. The van der Waals surface area contributed by atoms with Crippen LogP contribution in [-0.2, 0) is 11.2 Å². The number of fused-ring (bicyclic) bond motifs is 1. The zero-order valence-corrected chi connectivity index (χ0v) is 15.9. The summed E-state index contributed by atoms with van der Waals surface area (Å²) in [5, 5.41) is 10.1. The molecule has 0 unspecified atom stereocenters. The van der Waals surface area contributed by atoms with Crippen LogP contribution in [0.3, 0.4) is 0 Å². The fourth-order valence-corrected chi connectivity index (χ4v) is 3.34. The van der Waals surface area contributed by atoms with Gasteiger partial charge in [-0.3, -0.25) is 4.79 Å². The molecule has 7 heteroatoms. The second kappa shape index (κ2) is 7.94. The Kier molecular flexibility index (Phi) is 5.21. The fraction of sp³-hybridized carbons (Fsp3) is 0.238. The number of aromatic nitrogens is 1. The molecule has 0 aliphatic heterocycles. The lowest BCUT2D eigenvalue weighted by Gasteiger charge is -2.19. The molecule has 1 fully saturated rings. The number of benzene rings is 2. The normalized spacial score (nSPS) is 14.5. The number of nitrogens with one attached hydrogen (secondary N) is 4. The predicted molar refractivity (Wildman–Crippen MR) is 111 cm³/mol. The summed E-state index contributed by atoms with van der Waals surface area (Å²) in [6, 6.07) is 13.9. The number of anilines is 1. The van der Waals surface area contributed by atoms with Gasteiger partial charge < -0.3 is 20.9 Å². The van der Waals surface area contributed by atoms with Crippen LogP contribution >= 0.6 is 11.6 Å². The van der Waals surface area contributed by atoms with Gasteiger partial charge in [0.15, 0.2) is 0 Å². The first kappa shape index (κ1) is 18.4. The van der Waals surface area contributed by atoms with Crippen molar-refractivity contribution < 1.29 is 9.59 Å². The van der Waals surface area contributed by atoms with Crippen molar-refractivity contribution in [3.05, 3.63) is 65.3 Å². The summed E-state index contributed by atoms with van der Waals surface area (Å²) in [4.78, 5) is 28.4. The number of rotatable bonds is 6. The molecule has 6 nitrogen and oxygen atoms in total. The number of urea groups is 1. The topological polar surface area (TPSA) is 86.0 Å². The average Bonchev–Trinajstić information content (AvgIpc) is 3.39. The Morgan fingerprint density at radius 3 is 2.75 bits per heavy atom. The Morgan fingerprint density at radius 2 is 1.96 bits per heavy atom. The van der Waals surface area contributed by atoms with E-state index in [4.69, 9.17) is 11.6 Å². The molecule has 1 aliphatic carbocycles. The highest BCUT2D eigenvalue weighted by Crippen LogP contribution is 2.21. The molecule has 144 valence electrons. The molecule has 0 spiro atoms. The van der Waals surface area contributed by atoms with Gasteiger partial charge in [0, 0.05) is 40.3 Å². The van der Waals surface area contributed by atoms with E-state index in [1.165, 1.54) is 0 Å². The van der Waals surface area contributed by atoms with Crippen molar-refractivity contribution in [1.29, 1.82) is 0 Å². The van der Waals surface area contributed by atoms with Crippen molar-refractivity contribution >= 4 is 40.1 Å². The first-order valence-electron chi connectivity index (χ1n) is 9.27. The van der Waals surface area contributed by atoms with E-state index in [2.05, 4.69) is 20.9 Å². The Balaban J connectivity index is 1.49. The van der Waals surface area contributed by atoms with Crippen LogP contribution in [0.2, 0.25) is 5.02 Å². The predicted octanol–water partition coefficient (Wildman–Crippen LogP) is 3.83. The molecular weight excluding hydrogens is 376 g/mol. The van der Waals surface area contributed by atoms with E-state index in [9.17, 15) is 9.59 Å². The number of aromatic amines is 1. The number of halogens is 1. The lowest BCUT2D eigenvalue weighted by molar-refractivity contribution is -0.123. The van der Waals surface area contributed by atoms with E-state index in [0.717, 1.165) is 29.3 Å². The lowest BCUT2D eigenvalue weighted by atomic mass is 10.0. The van der Waals surface area contributed by atoms with Gasteiger partial charge in [0.2, 0.25) is 5.91 Å². The van der Waals surface area contributed by atoms with Gasteiger partial charge in [0.05, 0.1) is 0 Å². The van der Waals surface area contributed by atoms with Crippen LogP contribution in [0.15, 0.2) is 54.7 Å². The zero-order chi connectivity index (χ0) is 19.5. The summed E-state index contributed by atoms with van der Waals surface area (Å²) in [5.74, 6) is -0.172. The summed E-state index contributed by atoms with van der Waals surface area (Å²) in [5.41, 5.74) is 2.55. The van der Waals surface area contributed by atoms with Crippen LogP contribution in [0.4, 0.5) is 10.5 Å². The van der Waals surface area contributed by atoms with Gasteiger partial charge in [-0.25, -0.2) is 4.79 Å². The van der Waals surface area contributed by atoms with Crippen LogP contribution in [0, 0.1) is 0 Å². The molecule has 4 rings (SSSR count). The van der Waals surface area contributed by atoms with Crippen LogP contribution in [0.5, 0.6) is 0 Å². The molecule has 1 saturated carbocycles. The minimum atomic E-state index is -0.681. The third-order valence-electron chi connectivity index (χ3n) is 4.73. The third-order valence-corrected chi connectivity index (χ3v) is 4.96. The third kappa shape index (κ3) is 4.46. The van der Waals surface area contributed by atoms with E-state index >= 15 is 0 Å². The molecule has 4 N–H and O–H groups in total. The molecule has 3 aromatic rings. The molecule has 1 aliphatic rings. The maximum atomic E-state index is 12.7. The number of carbonyl (C=O) groups excluding carboxylic acids is 2. The van der Waals surface area contributed by atoms with Crippen molar-refractivity contribution in [2.45, 2.75) is 31.3 Å². The SMILES string of the molecule is O=C(Nc1cccc(Cl)c1)N[C@@H](Cc1c[nH]c2ccccc12)C(=O)NC1CC1. The van der Waals surface area contributed by atoms with Crippen molar-refractivity contribution in [3.8, 4) is 0 Å². The Bertz CT molecular complexity index is 1010. The Labute approximate surface area is 167 Å². The van der Waals surface area contributed by atoms with Crippen molar-refractivity contribution in [1.82, 2.24) is 15.6 Å². The molecule has 0 radical (unpaired) electrons. The van der Waals surface area contributed by atoms with Gasteiger partial charge >= 0.3 is 6.03 Å². The van der Waals surface area contributed by atoms with E-state index < -0.39 is 12.1 Å². The Morgan fingerprint density at radius 1 is 1.14 bits per heavy atom. The second-order valence-corrected chi connectivity index (χ2v) is 7.44. The van der Waals surface area contributed by atoms with E-state index in [1.807, 2.05) is 30.5 Å². The van der Waals surface area contributed by atoms with Crippen LogP contribution in [0.1, 0.15) is 18.4 Å². The zero-order valence-electron chi connectivity index (χ0n) is 15.2. The van der Waals surface area contributed by atoms with Gasteiger partial charge in [0.1, 0.15) is 6.04 Å². The van der Waals surface area contributed by atoms with Crippen molar-refractivity contribution in [2.75, 3.05) is 5.32 Å². The fourth-order valence-electron chi connectivity index (χ4n) is 3.15. The molecule has 2 aromatic carbocycles. The molecule has 28 heavy (non-hydrogen) atoms. The van der Waals surface area contributed by atoms with Gasteiger partial charge in [-0.15, -0.1) is 0 Å². The summed E-state index contributed by atoms with van der Waals surface area (Å²) in [6.07, 6.45) is 4.25. The number of hydrogen-bond donors (Lipinski definition) is 4. The first-order valence-corrected chi connectivity index (χ1v) is 9.65. The first-order chi connectivity index (χ1) is 13.6. The van der Waals surface area contributed by atoms with Crippen molar-refractivity contribution in [3.63, 3.8) is 0 Å². The van der Waals surface area contributed by atoms with E-state index in [0.29, 0.717) is 17.1 Å². The quantitative estimate of drug-likeness (QED) is 0.510. The number of hydrogen-bond acceptors (Lipinski definition) is 2. The average molecular weight is 397 g/mol. The highest BCUT2D eigenvalue weighted by molar-refractivity contribution is 6.30. The highest BCUT2D eigenvalue weighted by atomic mass is 35.5. The highest BCUT2D eigenvalue weighted by Gasteiger charge is 2.29. The largest absolute Gasteiger partial charge is 0.361 e. The van der Waals surface area contributed by atoms with E-state index in [1.54, 1.807) is 24.3 Å². The number of H-pyrrole nitrogens is 1. The second-order valence-electron chi connectivity index (χ2n) is 7.01. The summed E-state index contributed by atoms with van der Waals surface area (Å²) >= 11 is 5.96. The molecule has 3 amide bonds. The Hall–Kier alpha value is -2.99. The lowest BCUT2D eigenvalue weighted by Crippen LogP contribution is -2.49. The molecule has 0 saturated heterocycles. The van der Waals surface area contributed by atoms with Crippen LogP contribution in [-0.4, -0.2) is 29.0 Å². The monoisotopic (exact) mass is 396 g/mol. The molecular formula is C21H21ClN4O2. The van der Waals surface area contributed by atoms with E-state index in [-0.39, 0.29) is 11.9 Å². The smallest absolute Gasteiger partial charge is 0.319 e. The number of carbonyl (C=O) groups is 2. The maximum absolute atomic E-state index is 12.7. The molecule has 1 heterocycles. The van der Waals surface area contributed by atoms with Gasteiger partial charge in [-0.05, 0) is 42.7 Å². The summed E-state index contributed by atoms with van der Waals surface area (Å²) < 4.78 is 0. The van der Waals surface area contributed by atoms with Crippen molar-refractivity contribution in [2.24, 2.45) is 0 Å². The van der Waals surface area contributed by atoms with Gasteiger partial charge in [-0.2, -0.15) is 0 Å². The summed E-state index contributed by atoms with van der Waals surface area (Å²) in [6.45, 7) is 0. The maximum Gasteiger partial charge on any atom is 0.319 e. The minimum absolute atomic E-state index is 0.172. The number of amides is 3. The molecule has 0 bridgehead atoms. The minimum Gasteiger partial charge on any atom is -0.361 e. The van der Waals surface area contributed by atoms with Crippen LogP contribution < -0.4 is 16.0 Å². The summed E-state index contributed by atoms with van der Waals surface area (Å²) in [7, 11) is 0.